The predicted molar refractivity (Wildman–Crippen MR) is 37.1 cm³/mol. The second-order valence-corrected chi connectivity index (χ2v) is 3.76. The van der Waals surface area contributed by atoms with Gasteiger partial charge in [-0.3, -0.25) is 10.5 Å². The van der Waals surface area contributed by atoms with Crippen LogP contribution in [-0.2, 0) is 4.79 Å². The number of hydrogen-bond acceptors (Lipinski definition) is 1. The SMILES string of the molecule is [NH]C(=O)C12CCC(CC1)C2. The van der Waals surface area contributed by atoms with Crippen LogP contribution in [0.15, 0.2) is 0 Å². The molecule has 2 rings (SSSR count). The lowest BCUT2D eigenvalue weighted by Gasteiger charge is -2.20. The molecule has 0 aliphatic heterocycles. The van der Waals surface area contributed by atoms with Crippen LogP contribution in [0.4, 0.5) is 0 Å². The molecule has 2 aliphatic rings. The van der Waals surface area contributed by atoms with Crippen LogP contribution >= 0.6 is 0 Å². The minimum Gasteiger partial charge on any atom is -0.273 e. The Morgan fingerprint density at radius 3 is 2.20 bits per heavy atom. The van der Waals surface area contributed by atoms with Crippen molar-refractivity contribution in [2.75, 3.05) is 0 Å². The average Bonchev–Trinajstić information content (AvgIpc) is 2.45. The zero-order valence-corrected chi connectivity index (χ0v) is 6.02. The van der Waals surface area contributed by atoms with Crippen molar-refractivity contribution in [3.8, 4) is 0 Å². The van der Waals surface area contributed by atoms with Crippen molar-refractivity contribution in [2.45, 2.75) is 32.1 Å². The third-order valence-electron chi connectivity index (χ3n) is 3.22. The Kier molecular flexibility index (Phi) is 1.08. The molecule has 0 spiro atoms. The molecule has 10 heavy (non-hydrogen) atoms. The lowest BCUT2D eigenvalue weighted by molar-refractivity contribution is -0.127. The molecule has 1 radical (unpaired) electrons. The number of carbonyl (C=O) groups excluding carboxylic acids is 1. The zero-order chi connectivity index (χ0) is 7.19. The van der Waals surface area contributed by atoms with E-state index >= 15 is 0 Å². The number of amides is 1. The van der Waals surface area contributed by atoms with Crippen molar-refractivity contribution in [2.24, 2.45) is 11.3 Å². The lowest BCUT2D eigenvalue weighted by Crippen LogP contribution is -2.26. The van der Waals surface area contributed by atoms with Crippen LogP contribution in [0.2, 0.25) is 0 Å². The summed E-state index contributed by atoms with van der Waals surface area (Å²) in [6, 6.07) is 0. The van der Waals surface area contributed by atoms with Crippen LogP contribution in [0.25, 0.3) is 0 Å². The maximum Gasteiger partial charge on any atom is 0.244 e. The first kappa shape index (κ1) is 6.20. The highest BCUT2D eigenvalue weighted by atomic mass is 16.1. The molecule has 2 saturated carbocycles. The number of nitrogens with one attached hydrogen (secondary N) is 1. The van der Waals surface area contributed by atoms with Crippen molar-refractivity contribution >= 4 is 5.91 Å². The molecule has 0 aromatic heterocycles. The van der Waals surface area contributed by atoms with Gasteiger partial charge in [0.25, 0.3) is 0 Å². The average molecular weight is 138 g/mol. The molecule has 0 aromatic carbocycles. The number of rotatable bonds is 1. The van der Waals surface area contributed by atoms with Crippen LogP contribution in [0, 0.1) is 11.3 Å². The van der Waals surface area contributed by atoms with Crippen LogP contribution in [0.5, 0.6) is 0 Å². The van der Waals surface area contributed by atoms with Crippen molar-refractivity contribution in [1.82, 2.24) is 5.73 Å². The standard InChI is InChI=1S/C8H12NO/c9-7(10)8-3-1-6(5-8)2-4-8/h6,9H,1-5H2. The Morgan fingerprint density at radius 1 is 1.40 bits per heavy atom. The Balaban J connectivity index is 2.23. The fraction of sp³-hybridized carbons (Fsp3) is 0.875. The zero-order valence-electron chi connectivity index (χ0n) is 6.02. The van der Waals surface area contributed by atoms with E-state index in [-0.39, 0.29) is 11.3 Å². The fourth-order valence-electron chi connectivity index (χ4n) is 2.51. The highest BCUT2D eigenvalue weighted by Crippen LogP contribution is 2.53. The van der Waals surface area contributed by atoms with Crippen LogP contribution in [0.1, 0.15) is 32.1 Å². The summed E-state index contributed by atoms with van der Waals surface area (Å²) in [5.41, 5.74) is 6.95. The van der Waals surface area contributed by atoms with Crippen molar-refractivity contribution < 1.29 is 4.79 Å². The summed E-state index contributed by atoms with van der Waals surface area (Å²) in [6.07, 6.45) is 5.42. The fourth-order valence-corrected chi connectivity index (χ4v) is 2.51. The van der Waals surface area contributed by atoms with Gasteiger partial charge in [-0.15, -0.1) is 0 Å². The molecule has 0 saturated heterocycles. The van der Waals surface area contributed by atoms with E-state index in [0.29, 0.717) is 0 Å². The van der Waals surface area contributed by atoms with Gasteiger partial charge >= 0.3 is 0 Å². The van der Waals surface area contributed by atoms with Crippen molar-refractivity contribution in [3.05, 3.63) is 0 Å². The van der Waals surface area contributed by atoms with Gasteiger partial charge in [-0.05, 0) is 38.0 Å². The van der Waals surface area contributed by atoms with Gasteiger partial charge < -0.3 is 0 Å². The normalized spacial score (nSPS) is 44.2. The van der Waals surface area contributed by atoms with Crippen LogP contribution in [0.3, 0.4) is 0 Å². The van der Waals surface area contributed by atoms with Crippen molar-refractivity contribution in [3.63, 3.8) is 0 Å². The van der Waals surface area contributed by atoms with Gasteiger partial charge in [0.15, 0.2) is 0 Å². The van der Waals surface area contributed by atoms with E-state index in [1.807, 2.05) is 0 Å². The predicted octanol–water partition coefficient (Wildman–Crippen LogP) is 1.38. The Bertz CT molecular complexity index is 168. The largest absolute Gasteiger partial charge is 0.273 e. The molecule has 0 atom stereocenters. The molecular weight excluding hydrogens is 126 g/mol. The maximum atomic E-state index is 10.9. The molecule has 1 N–H and O–H groups in total. The molecule has 2 aliphatic carbocycles. The Labute approximate surface area is 60.8 Å². The third kappa shape index (κ3) is 0.619. The molecule has 0 heterocycles. The first-order valence-electron chi connectivity index (χ1n) is 3.99. The summed E-state index contributed by atoms with van der Waals surface area (Å²) in [7, 11) is 0. The monoisotopic (exact) mass is 138 g/mol. The molecule has 2 bridgehead atoms. The first-order chi connectivity index (χ1) is 4.73. The summed E-state index contributed by atoms with van der Waals surface area (Å²) in [6.45, 7) is 0. The van der Waals surface area contributed by atoms with Crippen LogP contribution in [-0.4, -0.2) is 5.91 Å². The number of fused-ring (bicyclic) bond motifs is 2. The molecule has 55 valence electrons. The van der Waals surface area contributed by atoms with Gasteiger partial charge in [-0.2, -0.15) is 0 Å². The van der Waals surface area contributed by atoms with Gasteiger partial charge in [0.05, 0.1) is 5.41 Å². The van der Waals surface area contributed by atoms with Gasteiger partial charge in [0, 0.05) is 0 Å². The number of carbonyl (C=O) groups is 1. The minimum absolute atomic E-state index is 0.162. The van der Waals surface area contributed by atoms with Crippen molar-refractivity contribution in [1.29, 1.82) is 0 Å². The highest BCUT2D eigenvalue weighted by Gasteiger charge is 2.49. The Morgan fingerprint density at radius 2 is 2.00 bits per heavy atom. The molecule has 1 amide bonds. The highest BCUT2D eigenvalue weighted by molar-refractivity contribution is 5.80. The topological polar surface area (TPSA) is 40.9 Å². The summed E-state index contributed by atoms with van der Waals surface area (Å²) in [4.78, 5) is 10.9. The van der Waals surface area contributed by atoms with E-state index in [1.54, 1.807) is 0 Å². The van der Waals surface area contributed by atoms with Gasteiger partial charge in [0.1, 0.15) is 0 Å². The summed E-state index contributed by atoms with van der Waals surface area (Å²) in [5, 5.41) is 0. The van der Waals surface area contributed by atoms with Crippen LogP contribution < -0.4 is 5.73 Å². The van der Waals surface area contributed by atoms with E-state index in [1.165, 1.54) is 12.8 Å². The minimum atomic E-state index is -0.299. The summed E-state index contributed by atoms with van der Waals surface area (Å²) >= 11 is 0. The number of hydrogen-bond donors (Lipinski definition) is 0. The second-order valence-electron chi connectivity index (χ2n) is 3.76. The van der Waals surface area contributed by atoms with E-state index in [2.05, 4.69) is 0 Å². The maximum absolute atomic E-state index is 10.9. The molecule has 2 heteroatoms. The van der Waals surface area contributed by atoms with Gasteiger partial charge in [0.2, 0.25) is 5.91 Å². The summed E-state index contributed by atoms with van der Waals surface area (Å²) < 4.78 is 0. The molecule has 0 aromatic rings. The van der Waals surface area contributed by atoms with E-state index < -0.39 is 0 Å². The first-order valence-corrected chi connectivity index (χ1v) is 3.99. The third-order valence-corrected chi connectivity index (χ3v) is 3.22. The second kappa shape index (κ2) is 1.74. The molecular formula is C8H12NO. The molecule has 0 unspecified atom stereocenters. The van der Waals surface area contributed by atoms with Gasteiger partial charge in [-0.25, -0.2) is 0 Å². The van der Waals surface area contributed by atoms with E-state index in [0.717, 1.165) is 25.2 Å². The van der Waals surface area contributed by atoms with E-state index in [9.17, 15) is 4.79 Å². The lowest BCUT2D eigenvalue weighted by atomic mass is 9.84. The quantitative estimate of drug-likeness (QED) is 0.539. The molecule has 2 nitrogen and oxygen atoms in total. The smallest absolute Gasteiger partial charge is 0.244 e. The van der Waals surface area contributed by atoms with Gasteiger partial charge in [-0.1, -0.05) is 0 Å². The van der Waals surface area contributed by atoms with E-state index in [4.69, 9.17) is 5.73 Å². The molecule has 2 fully saturated rings. The Hall–Kier alpha value is -0.530. The summed E-state index contributed by atoms with van der Waals surface area (Å²) in [5.74, 6) is 0.488.